The zero-order valence-electron chi connectivity index (χ0n) is 13.8. The van der Waals surface area contributed by atoms with Crippen molar-refractivity contribution in [2.24, 2.45) is 5.41 Å². The first kappa shape index (κ1) is 17.6. The standard InChI is InChI=1S/C17H23N3O2S/c1-12-14(15(22)19-10-6-8-17(2,3)11-21)23-16(20-12)13-7-4-5-9-18-13/h4-5,7,9,21H,6,8,10-11H2,1-3H3,(H,19,22). The Bertz CT molecular complexity index is 653. The zero-order valence-corrected chi connectivity index (χ0v) is 14.6. The van der Waals surface area contributed by atoms with Gasteiger partial charge >= 0.3 is 0 Å². The number of amides is 1. The number of rotatable bonds is 7. The highest BCUT2D eigenvalue weighted by Crippen LogP contribution is 2.26. The number of hydrogen-bond donors (Lipinski definition) is 2. The van der Waals surface area contributed by atoms with Crippen molar-refractivity contribution in [2.45, 2.75) is 33.6 Å². The minimum atomic E-state index is -0.0999. The summed E-state index contributed by atoms with van der Waals surface area (Å²) in [6.45, 7) is 6.62. The minimum Gasteiger partial charge on any atom is -0.396 e. The van der Waals surface area contributed by atoms with Crippen LogP contribution in [0.4, 0.5) is 0 Å². The maximum atomic E-state index is 12.3. The van der Waals surface area contributed by atoms with E-state index < -0.39 is 0 Å². The van der Waals surface area contributed by atoms with Crippen molar-refractivity contribution >= 4 is 17.2 Å². The monoisotopic (exact) mass is 333 g/mol. The molecule has 2 rings (SSSR count). The van der Waals surface area contributed by atoms with Gasteiger partial charge in [-0.25, -0.2) is 4.98 Å². The van der Waals surface area contributed by atoms with Crippen LogP contribution in [0.5, 0.6) is 0 Å². The third kappa shape index (κ3) is 4.84. The largest absolute Gasteiger partial charge is 0.396 e. The molecule has 2 aromatic rings. The van der Waals surface area contributed by atoms with Crippen LogP contribution in [-0.4, -0.2) is 34.1 Å². The highest BCUT2D eigenvalue weighted by molar-refractivity contribution is 7.17. The Labute approximate surface area is 140 Å². The van der Waals surface area contributed by atoms with Gasteiger partial charge in [0.2, 0.25) is 0 Å². The Morgan fingerprint density at radius 2 is 2.17 bits per heavy atom. The van der Waals surface area contributed by atoms with Gasteiger partial charge in [0, 0.05) is 19.3 Å². The number of aliphatic hydroxyl groups is 1. The first-order valence-electron chi connectivity index (χ1n) is 7.71. The van der Waals surface area contributed by atoms with Crippen molar-refractivity contribution in [2.75, 3.05) is 13.2 Å². The molecule has 0 radical (unpaired) electrons. The fourth-order valence-electron chi connectivity index (χ4n) is 2.13. The van der Waals surface area contributed by atoms with Gasteiger partial charge < -0.3 is 10.4 Å². The fraction of sp³-hybridized carbons (Fsp3) is 0.471. The van der Waals surface area contributed by atoms with E-state index in [9.17, 15) is 9.90 Å². The summed E-state index contributed by atoms with van der Waals surface area (Å²) < 4.78 is 0. The minimum absolute atomic E-state index is 0.0935. The molecular formula is C17H23N3O2S. The molecule has 2 aromatic heterocycles. The Hall–Kier alpha value is -1.79. The van der Waals surface area contributed by atoms with Gasteiger partial charge in [-0.2, -0.15) is 0 Å². The second-order valence-corrected chi connectivity index (χ2v) is 7.33. The van der Waals surface area contributed by atoms with Gasteiger partial charge in [0.1, 0.15) is 9.88 Å². The lowest BCUT2D eigenvalue weighted by atomic mass is 9.89. The summed E-state index contributed by atoms with van der Waals surface area (Å²) in [5.41, 5.74) is 1.41. The average molecular weight is 333 g/mol. The third-order valence-corrected chi connectivity index (χ3v) is 4.81. The van der Waals surface area contributed by atoms with E-state index in [1.807, 2.05) is 39.0 Å². The second kappa shape index (κ2) is 7.66. The number of nitrogens with zero attached hydrogens (tertiary/aromatic N) is 2. The smallest absolute Gasteiger partial charge is 0.263 e. The van der Waals surface area contributed by atoms with E-state index in [1.165, 1.54) is 11.3 Å². The third-order valence-electron chi connectivity index (χ3n) is 3.63. The van der Waals surface area contributed by atoms with E-state index >= 15 is 0 Å². The highest BCUT2D eigenvalue weighted by atomic mass is 32.1. The van der Waals surface area contributed by atoms with Gasteiger partial charge in [-0.05, 0) is 37.3 Å². The molecule has 5 nitrogen and oxygen atoms in total. The SMILES string of the molecule is Cc1nc(-c2ccccn2)sc1C(=O)NCCCC(C)(C)CO. The predicted molar refractivity (Wildman–Crippen MR) is 92.5 cm³/mol. The van der Waals surface area contributed by atoms with Crippen LogP contribution < -0.4 is 5.32 Å². The number of aryl methyl sites for hydroxylation is 1. The topological polar surface area (TPSA) is 75.1 Å². The van der Waals surface area contributed by atoms with E-state index in [4.69, 9.17) is 0 Å². The molecule has 2 N–H and O–H groups in total. The second-order valence-electron chi connectivity index (χ2n) is 6.33. The number of carbonyl (C=O) groups excluding carboxylic acids is 1. The molecule has 0 aliphatic heterocycles. The molecule has 0 atom stereocenters. The Kier molecular flexibility index (Phi) is 5.85. The molecule has 0 unspecified atom stereocenters. The average Bonchev–Trinajstić information content (AvgIpc) is 2.94. The predicted octanol–water partition coefficient (Wildman–Crippen LogP) is 3.04. The van der Waals surface area contributed by atoms with Crippen molar-refractivity contribution in [1.82, 2.24) is 15.3 Å². The number of aliphatic hydroxyl groups excluding tert-OH is 1. The summed E-state index contributed by atoms with van der Waals surface area (Å²) >= 11 is 1.36. The summed E-state index contributed by atoms with van der Waals surface area (Å²) in [7, 11) is 0. The molecule has 124 valence electrons. The lowest BCUT2D eigenvalue weighted by Crippen LogP contribution is -2.26. The number of hydrogen-bond acceptors (Lipinski definition) is 5. The molecule has 2 heterocycles. The molecule has 0 aliphatic carbocycles. The molecule has 0 bridgehead atoms. The Morgan fingerprint density at radius 3 is 2.83 bits per heavy atom. The maximum absolute atomic E-state index is 12.3. The van der Waals surface area contributed by atoms with Gasteiger partial charge in [-0.3, -0.25) is 9.78 Å². The number of pyridine rings is 1. The lowest BCUT2D eigenvalue weighted by molar-refractivity contribution is 0.0952. The van der Waals surface area contributed by atoms with Gasteiger partial charge in [-0.15, -0.1) is 11.3 Å². The molecule has 6 heteroatoms. The number of thiazole rings is 1. The van der Waals surface area contributed by atoms with Crippen molar-refractivity contribution in [1.29, 1.82) is 0 Å². The van der Waals surface area contributed by atoms with Crippen LogP contribution in [0.15, 0.2) is 24.4 Å². The van der Waals surface area contributed by atoms with E-state index in [0.717, 1.165) is 29.2 Å². The fourth-order valence-corrected chi connectivity index (χ4v) is 3.09. The Morgan fingerprint density at radius 1 is 1.39 bits per heavy atom. The van der Waals surface area contributed by atoms with Gasteiger partial charge in [0.15, 0.2) is 0 Å². The first-order valence-corrected chi connectivity index (χ1v) is 8.52. The van der Waals surface area contributed by atoms with Crippen molar-refractivity contribution in [3.63, 3.8) is 0 Å². The first-order chi connectivity index (χ1) is 10.9. The summed E-state index contributed by atoms with van der Waals surface area (Å²) in [5, 5.41) is 12.9. The molecule has 0 aliphatic rings. The van der Waals surface area contributed by atoms with E-state index in [0.29, 0.717) is 11.4 Å². The van der Waals surface area contributed by atoms with Gasteiger partial charge in [0.05, 0.1) is 11.4 Å². The highest BCUT2D eigenvalue weighted by Gasteiger charge is 2.18. The van der Waals surface area contributed by atoms with Crippen molar-refractivity contribution in [3.8, 4) is 10.7 Å². The van der Waals surface area contributed by atoms with Crippen LogP contribution >= 0.6 is 11.3 Å². The summed E-state index contributed by atoms with van der Waals surface area (Å²) in [5.74, 6) is -0.0935. The Balaban J connectivity index is 1.94. The number of carbonyl (C=O) groups is 1. The number of aromatic nitrogens is 2. The van der Waals surface area contributed by atoms with Crippen LogP contribution in [0, 0.1) is 12.3 Å². The molecule has 0 spiro atoms. The van der Waals surface area contributed by atoms with E-state index in [1.54, 1.807) is 6.20 Å². The van der Waals surface area contributed by atoms with Crippen molar-refractivity contribution < 1.29 is 9.90 Å². The van der Waals surface area contributed by atoms with Crippen LogP contribution in [0.3, 0.4) is 0 Å². The molecule has 0 fully saturated rings. The van der Waals surface area contributed by atoms with E-state index in [-0.39, 0.29) is 17.9 Å². The van der Waals surface area contributed by atoms with Gasteiger partial charge in [0.25, 0.3) is 5.91 Å². The van der Waals surface area contributed by atoms with Crippen LogP contribution in [0.2, 0.25) is 0 Å². The van der Waals surface area contributed by atoms with Gasteiger partial charge in [-0.1, -0.05) is 19.9 Å². The van der Waals surface area contributed by atoms with Crippen LogP contribution in [0.25, 0.3) is 10.7 Å². The summed E-state index contributed by atoms with van der Waals surface area (Å²) in [4.78, 5) is 21.6. The van der Waals surface area contributed by atoms with Crippen LogP contribution in [-0.2, 0) is 0 Å². The number of nitrogens with one attached hydrogen (secondary N) is 1. The maximum Gasteiger partial charge on any atom is 0.263 e. The van der Waals surface area contributed by atoms with E-state index in [2.05, 4.69) is 15.3 Å². The van der Waals surface area contributed by atoms with Crippen molar-refractivity contribution in [3.05, 3.63) is 35.0 Å². The zero-order chi connectivity index (χ0) is 16.9. The molecule has 0 saturated carbocycles. The quantitative estimate of drug-likeness (QED) is 0.764. The molecule has 0 saturated heterocycles. The molecule has 23 heavy (non-hydrogen) atoms. The lowest BCUT2D eigenvalue weighted by Gasteiger charge is -2.21. The summed E-state index contributed by atoms with van der Waals surface area (Å²) in [6.07, 6.45) is 3.42. The molecule has 0 aromatic carbocycles. The normalized spacial score (nSPS) is 11.5. The molecular weight excluding hydrogens is 310 g/mol. The van der Waals surface area contributed by atoms with Crippen LogP contribution in [0.1, 0.15) is 42.1 Å². The summed E-state index contributed by atoms with van der Waals surface area (Å²) in [6, 6.07) is 5.64. The molecule has 1 amide bonds.